The number of nitrogens with zero attached hydrogens (tertiary/aromatic N) is 3. The number of amides is 2. The molecule has 2 saturated heterocycles. The van der Waals surface area contributed by atoms with E-state index in [1.807, 2.05) is 48.4 Å². The van der Waals surface area contributed by atoms with Crippen molar-refractivity contribution < 1.29 is 14.3 Å². The van der Waals surface area contributed by atoms with Crippen LogP contribution in [0.2, 0.25) is 0 Å². The molecular formula is C25H29N3O4. The number of rotatable bonds is 4. The van der Waals surface area contributed by atoms with Crippen LogP contribution in [0.1, 0.15) is 53.2 Å². The van der Waals surface area contributed by atoms with Crippen molar-refractivity contribution in [1.82, 2.24) is 14.4 Å². The summed E-state index contributed by atoms with van der Waals surface area (Å²) in [4.78, 5) is 43.2. The van der Waals surface area contributed by atoms with Crippen LogP contribution in [0.5, 0.6) is 0 Å². The van der Waals surface area contributed by atoms with Crippen LogP contribution < -0.4 is 5.56 Å². The molecule has 0 spiro atoms. The van der Waals surface area contributed by atoms with E-state index in [4.69, 9.17) is 4.74 Å². The lowest BCUT2D eigenvalue weighted by Gasteiger charge is -2.34. The lowest BCUT2D eigenvalue weighted by Crippen LogP contribution is -2.48. The lowest BCUT2D eigenvalue weighted by molar-refractivity contribution is -0.131. The summed E-state index contributed by atoms with van der Waals surface area (Å²) in [5.74, 6) is -0.0989. The highest BCUT2D eigenvalue weighted by molar-refractivity contribution is 5.96. The first-order valence-corrected chi connectivity index (χ1v) is 11.5. The van der Waals surface area contributed by atoms with Crippen molar-refractivity contribution in [2.75, 3.05) is 19.6 Å². The Balaban J connectivity index is 1.55. The number of carbonyl (C=O) groups is 2. The van der Waals surface area contributed by atoms with Crippen LogP contribution in [-0.4, -0.2) is 58.0 Å². The summed E-state index contributed by atoms with van der Waals surface area (Å²) >= 11 is 0. The molecule has 0 radical (unpaired) electrons. The molecule has 3 aliphatic heterocycles. The molecule has 2 atom stereocenters. The molecule has 2 bridgehead atoms. The number of pyridine rings is 1. The quantitative estimate of drug-likeness (QED) is 0.738. The molecule has 0 unspecified atom stereocenters. The van der Waals surface area contributed by atoms with Gasteiger partial charge < -0.3 is 19.1 Å². The normalized spacial score (nSPS) is 22.0. The Morgan fingerprint density at radius 2 is 1.78 bits per heavy atom. The SMILES string of the molecule is CCC(=O)N1CCc2c(cn(Cc3ccccc3)c(=O)c2C(=O)N2C[C@H]3CC[C@@H](C2)O3)C1. The minimum Gasteiger partial charge on any atom is -0.371 e. The van der Waals surface area contributed by atoms with Crippen molar-refractivity contribution in [2.24, 2.45) is 0 Å². The number of morpholine rings is 1. The van der Waals surface area contributed by atoms with Crippen LogP contribution in [-0.2, 0) is 29.0 Å². The highest BCUT2D eigenvalue weighted by Crippen LogP contribution is 2.28. The molecular weight excluding hydrogens is 406 g/mol. The highest BCUT2D eigenvalue weighted by Gasteiger charge is 2.38. The summed E-state index contributed by atoms with van der Waals surface area (Å²) in [6, 6.07) is 9.76. The minimum atomic E-state index is -0.244. The third-order valence-corrected chi connectivity index (χ3v) is 6.86. The van der Waals surface area contributed by atoms with Gasteiger partial charge in [0.05, 0.1) is 18.8 Å². The molecule has 32 heavy (non-hydrogen) atoms. The van der Waals surface area contributed by atoms with Crippen molar-refractivity contribution in [3.05, 3.63) is 69.1 Å². The van der Waals surface area contributed by atoms with E-state index in [0.717, 1.165) is 29.5 Å². The molecule has 2 fully saturated rings. The topological polar surface area (TPSA) is 71.9 Å². The number of ether oxygens (including phenoxy) is 1. The van der Waals surface area contributed by atoms with Crippen LogP contribution in [0.4, 0.5) is 0 Å². The number of likely N-dealkylation sites (tertiary alicyclic amines) is 1. The van der Waals surface area contributed by atoms with Gasteiger partial charge in [0, 0.05) is 38.8 Å². The summed E-state index contributed by atoms with van der Waals surface area (Å²) in [5, 5.41) is 0. The van der Waals surface area contributed by atoms with E-state index in [0.29, 0.717) is 45.6 Å². The predicted molar refractivity (Wildman–Crippen MR) is 119 cm³/mol. The Kier molecular flexibility index (Phi) is 5.59. The molecule has 168 valence electrons. The van der Waals surface area contributed by atoms with Gasteiger partial charge in [-0.1, -0.05) is 37.3 Å². The third kappa shape index (κ3) is 3.86. The Morgan fingerprint density at radius 1 is 1.06 bits per heavy atom. The van der Waals surface area contributed by atoms with E-state index in [1.54, 1.807) is 9.47 Å². The summed E-state index contributed by atoms with van der Waals surface area (Å²) in [7, 11) is 0. The maximum atomic E-state index is 13.7. The van der Waals surface area contributed by atoms with Gasteiger partial charge in [-0.3, -0.25) is 14.4 Å². The highest BCUT2D eigenvalue weighted by atomic mass is 16.5. The number of hydrogen-bond acceptors (Lipinski definition) is 4. The number of aromatic nitrogens is 1. The van der Waals surface area contributed by atoms with Crippen LogP contribution >= 0.6 is 0 Å². The van der Waals surface area contributed by atoms with Gasteiger partial charge in [0.25, 0.3) is 11.5 Å². The fourth-order valence-corrected chi connectivity index (χ4v) is 5.20. The van der Waals surface area contributed by atoms with E-state index in [2.05, 4.69) is 0 Å². The molecule has 4 heterocycles. The van der Waals surface area contributed by atoms with Gasteiger partial charge >= 0.3 is 0 Å². The Labute approximate surface area is 187 Å². The second-order valence-electron chi connectivity index (χ2n) is 9.01. The maximum Gasteiger partial charge on any atom is 0.264 e. The average Bonchev–Trinajstić information content (AvgIpc) is 3.16. The molecule has 5 rings (SSSR count). The molecule has 2 aromatic rings. The van der Waals surface area contributed by atoms with Gasteiger partial charge in [-0.15, -0.1) is 0 Å². The van der Waals surface area contributed by atoms with Gasteiger partial charge in [0.2, 0.25) is 5.91 Å². The Bertz CT molecular complexity index is 1080. The molecule has 0 saturated carbocycles. The first kappa shape index (κ1) is 20.9. The second kappa shape index (κ2) is 8.54. The summed E-state index contributed by atoms with van der Waals surface area (Å²) < 4.78 is 7.53. The Morgan fingerprint density at radius 3 is 2.47 bits per heavy atom. The van der Waals surface area contributed by atoms with Gasteiger partial charge in [-0.05, 0) is 36.0 Å². The molecule has 0 N–H and O–H groups in total. The second-order valence-corrected chi connectivity index (χ2v) is 9.01. The number of benzene rings is 1. The molecule has 7 nitrogen and oxygen atoms in total. The number of fused-ring (bicyclic) bond motifs is 3. The predicted octanol–water partition coefficient (Wildman–Crippen LogP) is 2.19. The van der Waals surface area contributed by atoms with Crippen LogP contribution in [0, 0.1) is 0 Å². The first-order chi connectivity index (χ1) is 15.5. The lowest BCUT2D eigenvalue weighted by atomic mass is 9.95. The summed E-state index contributed by atoms with van der Waals surface area (Å²) in [6.07, 6.45) is 4.89. The zero-order chi connectivity index (χ0) is 22.2. The fourth-order valence-electron chi connectivity index (χ4n) is 5.20. The van der Waals surface area contributed by atoms with E-state index < -0.39 is 0 Å². The van der Waals surface area contributed by atoms with Gasteiger partial charge in [-0.25, -0.2) is 0 Å². The molecule has 2 amide bonds. The van der Waals surface area contributed by atoms with E-state index in [1.165, 1.54) is 0 Å². The van der Waals surface area contributed by atoms with Crippen LogP contribution in [0.25, 0.3) is 0 Å². The molecule has 1 aromatic carbocycles. The van der Waals surface area contributed by atoms with Gasteiger partial charge in [-0.2, -0.15) is 0 Å². The molecule has 1 aromatic heterocycles. The Hall–Kier alpha value is -2.93. The standard InChI is InChI=1S/C25H29N3O4/c1-2-22(29)26-11-10-21-18(13-26)14-27(12-17-6-4-3-5-7-17)24(30)23(21)25(31)28-15-19-8-9-20(16-28)32-19/h3-7,14,19-20H,2,8-13,15-16H2,1H3/t19-,20+. The molecule has 3 aliphatic rings. The van der Waals surface area contributed by atoms with Crippen molar-refractivity contribution in [1.29, 1.82) is 0 Å². The molecule has 0 aliphatic carbocycles. The third-order valence-electron chi connectivity index (χ3n) is 6.86. The van der Waals surface area contributed by atoms with E-state index >= 15 is 0 Å². The number of carbonyl (C=O) groups excluding carboxylic acids is 2. The van der Waals surface area contributed by atoms with Crippen LogP contribution in [0.15, 0.2) is 41.3 Å². The minimum absolute atomic E-state index is 0.0708. The maximum absolute atomic E-state index is 13.7. The molecule has 7 heteroatoms. The van der Waals surface area contributed by atoms with E-state index in [-0.39, 0.29) is 35.1 Å². The van der Waals surface area contributed by atoms with Gasteiger partial charge in [0.1, 0.15) is 5.56 Å². The largest absolute Gasteiger partial charge is 0.371 e. The van der Waals surface area contributed by atoms with Crippen molar-refractivity contribution in [3.8, 4) is 0 Å². The summed E-state index contributed by atoms with van der Waals surface area (Å²) in [5.41, 5.74) is 2.74. The average molecular weight is 436 g/mol. The zero-order valence-electron chi connectivity index (χ0n) is 18.5. The van der Waals surface area contributed by atoms with Crippen molar-refractivity contribution in [3.63, 3.8) is 0 Å². The summed E-state index contributed by atoms with van der Waals surface area (Å²) in [6.45, 7) is 4.30. The van der Waals surface area contributed by atoms with Gasteiger partial charge in [0.15, 0.2) is 0 Å². The monoisotopic (exact) mass is 435 g/mol. The van der Waals surface area contributed by atoms with E-state index in [9.17, 15) is 14.4 Å². The fraction of sp³-hybridized carbons (Fsp3) is 0.480. The van der Waals surface area contributed by atoms with Crippen molar-refractivity contribution in [2.45, 2.75) is 57.9 Å². The zero-order valence-corrected chi connectivity index (χ0v) is 18.5. The van der Waals surface area contributed by atoms with Crippen molar-refractivity contribution >= 4 is 11.8 Å². The first-order valence-electron chi connectivity index (χ1n) is 11.5. The smallest absolute Gasteiger partial charge is 0.264 e. The van der Waals surface area contributed by atoms with Crippen LogP contribution in [0.3, 0.4) is 0 Å². The number of hydrogen-bond donors (Lipinski definition) is 0.